The number of nitrogens with one attached hydrogen (secondary N) is 1. The minimum atomic E-state index is -1.81. The number of benzene rings is 2. The van der Waals surface area contributed by atoms with Crippen molar-refractivity contribution in [2.75, 3.05) is 25.5 Å². The van der Waals surface area contributed by atoms with Crippen molar-refractivity contribution in [3.8, 4) is 5.75 Å². The van der Waals surface area contributed by atoms with Crippen LogP contribution in [0, 0.1) is 23.5 Å². The number of anilines is 1. The normalized spacial score (nSPS) is 29.0. The standard InChI is InChI=1S/C29H33F3N2O4/c1-38-20-7-8-25-22(14-20)29(37,26(32)15-33-25)10-3-4-17-9-11-34(16-21(17)28(35)36)19-12-18(13-19)27-23(30)5-2-6-24(27)31/h2,5-8,14-15,17-19,21,33,37H,3-4,9-13,16H2,1H3,(H,35,36)/t17-,18?,19?,21+,29?/m1/s1. The Morgan fingerprint density at radius 1 is 1.18 bits per heavy atom. The maximum atomic E-state index is 14.9. The Bertz CT molecular complexity index is 1210. The van der Waals surface area contributed by atoms with Crippen molar-refractivity contribution in [1.82, 2.24) is 4.90 Å². The van der Waals surface area contributed by atoms with Gasteiger partial charge in [0, 0.05) is 35.6 Å². The molecule has 1 unspecified atom stereocenters. The highest BCUT2D eigenvalue weighted by molar-refractivity contribution is 5.71. The molecule has 2 aliphatic heterocycles. The molecule has 2 aromatic rings. The quantitative estimate of drug-likeness (QED) is 0.416. The molecular weight excluding hydrogens is 497 g/mol. The molecule has 204 valence electrons. The molecule has 0 amide bonds. The first kappa shape index (κ1) is 26.6. The van der Waals surface area contributed by atoms with Gasteiger partial charge in [-0.05, 0) is 87.2 Å². The number of piperidine rings is 1. The average molecular weight is 531 g/mol. The number of hydrogen-bond donors (Lipinski definition) is 3. The maximum absolute atomic E-state index is 14.9. The van der Waals surface area contributed by atoms with Crippen LogP contribution in [0.2, 0.25) is 0 Å². The molecule has 3 atom stereocenters. The van der Waals surface area contributed by atoms with Crippen molar-refractivity contribution in [1.29, 1.82) is 0 Å². The zero-order chi connectivity index (χ0) is 27.0. The average Bonchev–Trinajstić information content (AvgIpc) is 2.87. The van der Waals surface area contributed by atoms with Gasteiger partial charge in [-0.15, -0.1) is 0 Å². The predicted octanol–water partition coefficient (Wildman–Crippen LogP) is 5.54. The largest absolute Gasteiger partial charge is 0.497 e. The molecule has 0 radical (unpaired) electrons. The summed E-state index contributed by atoms with van der Waals surface area (Å²) in [7, 11) is 1.50. The summed E-state index contributed by atoms with van der Waals surface area (Å²) in [5.41, 5.74) is -0.685. The first-order chi connectivity index (χ1) is 18.2. The summed E-state index contributed by atoms with van der Waals surface area (Å²) in [6.45, 7) is 1.08. The highest BCUT2D eigenvalue weighted by Gasteiger charge is 2.43. The lowest BCUT2D eigenvalue weighted by molar-refractivity contribution is -0.147. The van der Waals surface area contributed by atoms with E-state index in [2.05, 4.69) is 10.2 Å². The van der Waals surface area contributed by atoms with E-state index in [4.69, 9.17) is 4.74 Å². The SMILES string of the molecule is COc1ccc2c(c1)C(O)(CCC[C@@H]1CCN(C3CC(c4c(F)cccc4F)C3)C[C@@H]1C(=O)O)C(F)=CN2. The third kappa shape index (κ3) is 4.89. The summed E-state index contributed by atoms with van der Waals surface area (Å²) < 4.78 is 48.4. The second-order valence-corrected chi connectivity index (χ2v) is 10.7. The van der Waals surface area contributed by atoms with E-state index in [1.807, 2.05) is 0 Å². The zero-order valence-corrected chi connectivity index (χ0v) is 21.3. The van der Waals surface area contributed by atoms with Crippen LogP contribution in [-0.2, 0) is 10.4 Å². The van der Waals surface area contributed by atoms with Gasteiger partial charge in [-0.3, -0.25) is 9.69 Å². The van der Waals surface area contributed by atoms with Gasteiger partial charge in [-0.25, -0.2) is 13.2 Å². The van der Waals surface area contributed by atoms with Crippen LogP contribution in [0.5, 0.6) is 5.75 Å². The molecule has 3 N–H and O–H groups in total. The Labute approximate surface area is 220 Å². The number of likely N-dealkylation sites (tertiary alicyclic amines) is 1. The lowest BCUT2D eigenvalue weighted by atomic mass is 9.72. The molecule has 0 spiro atoms. The topological polar surface area (TPSA) is 82.0 Å². The fraction of sp³-hybridized carbons (Fsp3) is 0.483. The highest BCUT2D eigenvalue weighted by atomic mass is 19.1. The number of aliphatic carboxylic acids is 1. The second-order valence-electron chi connectivity index (χ2n) is 10.7. The number of fused-ring (bicyclic) bond motifs is 1. The highest BCUT2D eigenvalue weighted by Crippen LogP contribution is 2.46. The third-order valence-corrected chi connectivity index (χ3v) is 8.68. The molecule has 3 aliphatic rings. The van der Waals surface area contributed by atoms with Crippen molar-refractivity contribution in [2.45, 2.75) is 56.1 Å². The van der Waals surface area contributed by atoms with Gasteiger partial charge in [0.2, 0.25) is 0 Å². The van der Waals surface area contributed by atoms with Gasteiger partial charge >= 0.3 is 5.97 Å². The molecule has 2 heterocycles. The molecule has 1 saturated carbocycles. The molecule has 38 heavy (non-hydrogen) atoms. The minimum Gasteiger partial charge on any atom is -0.497 e. The van der Waals surface area contributed by atoms with Crippen molar-refractivity contribution < 1.29 is 32.9 Å². The summed E-state index contributed by atoms with van der Waals surface area (Å²) in [5, 5.41) is 24.1. The molecule has 0 aromatic heterocycles. The van der Waals surface area contributed by atoms with Crippen LogP contribution >= 0.6 is 0 Å². The van der Waals surface area contributed by atoms with E-state index in [0.717, 1.165) is 6.20 Å². The maximum Gasteiger partial charge on any atom is 0.308 e. The molecular formula is C29H33F3N2O4. The number of carboxylic acid groups (broad SMARTS) is 1. The number of methoxy groups -OCH3 is 1. The number of carboxylic acids is 1. The molecule has 6 nitrogen and oxygen atoms in total. The molecule has 0 bridgehead atoms. The van der Waals surface area contributed by atoms with E-state index >= 15 is 0 Å². The van der Waals surface area contributed by atoms with E-state index < -0.39 is 34.9 Å². The van der Waals surface area contributed by atoms with Crippen LogP contribution in [0.1, 0.15) is 55.6 Å². The summed E-state index contributed by atoms with van der Waals surface area (Å²) in [6.07, 6.45) is 4.13. The molecule has 1 aliphatic carbocycles. The predicted molar refractivity (Wildman–Crippen MR) is 136 cm³/mol. The second kappa shape index (κ2) is 10.6. The van der Waals surface area contributed by atoms with Crippen LogP contribution in [0.25, 0.3) is 0 Å². The molecule has 1 saturated heterocycles. The first-order valence-corrected chi connectivity index (χ1v) is 13.2. The number of nitrogens with zero attached hydrogens (tertiary/aromatic N) is 1. The number of hydrogen-bond acceptors (Lipinski definition) is 5. The Morgan fingerprint density at radius 3 is 2.61 bits per heavy atom. The van der Waals surface area contributed by atoms with Gasteiger partial charge in [0.25, 0.3) is 0 Å². The number of rotatable bonds is 8. The molecule has 2 fully saturated rings. The van der Waals surface area contributed by atoms with E-state index in [-0.39, 0.29) is 29.9 Å². The number of ether oxygens (including phenoxy) is 1. The monoisotopic (exact) mass is 530 g/mol. The third-order valence-electron chi connectivity index (χ3n) is 8.68. The van der Waals surface area contributed by atoms with Gasteiger partial charge in [0.15, 0.2) is 5.83 Å². The van der Waals surface area contributed by atoms with E-state index in [1.54, 1.807) is 18.2 Å². The summed E-state index contributed by atoms with van der Waals surface area (Å²) in [5.74, 6) is -3.01. The van der Waals surface area contributed by atoms with E-state index in [1.165, 1.54) is 25.3 Å². The fourth-order valence-corrected chi connectivity index (χ4v) is 6.39. The number of aliphatic hydroxyl groups is 1. The minimum absolute atomic E-state index is 0.1000. The lowest BCUT2D eigenvalue weighted by Gasteiger charge is -2.47. The Kier molecular flexibility index (Phi) is 7.42. The Balaban J connectivity index is 1.19. The zero-order valence-electron chi connectivity index (χ0n) is 21.3. The van der Waals surface area contributed by atoms with Crippen LogP contribution in [0.4, 0.5) is 18.9 Å². The van der Waals surface area contributed by atoms with Crippen LogP contribution in [-0.4, -0.2) is 47.3 Å². The van der Waals surface area contributed by atoms with E-state index in [0.29, 0.717) is 62.2 Å². The van der Waals surface area contributed by atoms with Gasteiger partial charge in [0.05, 0.1) is 13.0 Å². The van der Waals surface area contributed by atoms with Gasteiger partial charge in [-0.1, -0.05) is 6.07 Å². The smallest absolute Gasteiger partial charge is 0.308 e. The summed E-state index contributed by atoms with van der Waals surface area (Å²) >= 11 is 0. The van der Waals surface area contributed by atoms with Crippen molar-refractivity contribution in [3.63, 3.8) is 0 Å². The number of carbonyl (C=O) groups is 1. The van der Waals surface area contributed by atoms with Gasteiger partial charge < -0.3 is 20.3 Å². The van der Waals surface area contributed by atoms with Crippen LogP contribution < -0.4 is 10.1 Å². The van der Waals surface area contributed by atoms with Gasteiger partial charge in [0.1, 0.15) is 23.0 Å². The van der Waals surface area contributed by atoms with E-state index in [9.17, 15) is 28.2 Å². The van der Waals surface area contributed by atoms with Crippen molar-refractivity contribution >= 4 is 11.7 Å². The van der Waals surface area contributed by atoms with Crippen LogP contribution in [0.15, 0.2) is 48.4 Å². The van der Waals surface area contributed by atoms with Crippen LogP contribution in [0.3, 0.4) is 0 Å². The fourth-order valence-electron chi connectivity index (χ4n) is 6.39. The molecule has 5 rings (SSSR count). The summed E-state index contributed by atoms with van der Waals surface area (Å²) in [6, 6.07) is 9.07. The summed E-state index contributed by atoms with van der Waals surface area (Å²) in [4.78, 5) is 14.3. The Morgan fingerprint density at radius 2 is 1.92 bits per heavy atom. The molecule has 9 heteroatoms. The lowest BCUT2D eigenvalue weighted by Crippen LogP contribution is -2.52. The van der Waals surface area contributed by atoms with Crippen molar-refractivity contribution in [3.05, 3.63) is 71.2 Å². The van der Waals surface area contributed by atoms with Crippen molar-refractivity contribution in [2.24, 2.45) is 11.8 Å². The molecule has 2 aromatic carbocycles. The van der Waals surface area contributed by atoms with Gasteiger partial charge in [-0.2, -0.15) is 0 Å². The number of halogens is 3. The first-order valence-electron chi connectivity index (χ1n) is 13.2. The Hall–Kier alpha value is -3.04.